The third-order valence-electron chi connectivity index (χ3n) is 7.51. The van der Waals surface area contributed by atoms with Gasteiger partial charge in [0.05, 0.1) is 29.1 Å². The molecule has 3 N–H and O–H groups in total. The molecule has 39 heavy (non-hydrogen) atoms. The van der Waals surface area contributed by atoms with E-state index in [1.807, 2.05) is 49.5 Å². The smallest absolute Gasteiger partial charge is 0.251 e. The van der Waals surface area contributed by atoms with Gasteiger partial charge in [-0.1, -0.05) is 51.1 Å². The maximum atomic E-state index is 13.7. The molecule has 0 aliphatic carbocycles. The van der Waals surface area contributed by atoms with E-state index in [-0.39, 0.29) is 17.1 Å². The van der Waals surface area contributed by atoms with Crippen LogP contribution in [0.5, 0.6) is 0 Å². The lowest BCUT2D eigenvalue weighted by atomic mass is 9.92. The van der Waals surface area contributed by atoms with Crippen LogP contribution in [0.4, 0.5) is 5.69 Å². The Morgan fingerprint density at radius 2 is 1.87 bits per heavy atom. The first-order valence-corrected chi connectivity index (χ1v) is 15.4. The zero-order valence-electron chi connectivity index (χ0n) is 23.7. The van der Waals surface area contributed by atoms with Gasteiger partial charge in [-0.15, -0.1) is 0 Å². The Hall–Kier alpha value is -2.88. The zero-order chi connectivity index (χ0) is 28.4. The molecule has 2 atom stereocenters. The van der Waals surface area contributed by atoms with Crippen LogP contribution >= 0.6 is 0 Å². The minimum Gasteiger partial charge on any atom is -0.390 e. The van der Waals surface area contributed by atoms with Crippen LogP contribution in [0.15, 0.2) is 48.7 Å². The van der Waals surface area contributed by atoms with Gasteiger partial charge in [-0.2, -0.15) is 0 Å². The van der Waals surface area contributed by atoms with Crippen molar-refractivity contribution in [1.82, 2.24) is 15.2 Å². The van der Waals surface area contributed by atoms with Crippen LogP contribution in [0.2, 0.25) is 0 Å². The van der Waals surface area contributed by atoms with Gasteiger partial charge in [0, 0.05) is 37.3 Å². The summed E-state index contributed by atoms with van der Waals surface area (Å²) in [4.78, 5) is 13.7. The Morgan fingerprint density at radius 3 is 2.54 bits per heavy atom. The number of anilines is 1. The summed E-state index contributed by atoms with van der Waals surface area (Å²) in [6, 6.07) is 12.7. The summed E-state index contributed by atoms with van der Waals surface area (Å²) in [6.07, 6.45) is 3.05. The molecule has 1 aromatic heterocycles. The second-order valence-electron chi connectivity index (χ2n) is 11.7. The molecule has 0 saturated carbocycles. The van der Waals surface area contributed by atoms with Gasteiger partial charge in [0.15, 0.2) is 0 Å². The largest absolute Gasteiger partial charge is 0.390 e. The van der Waals surface area contributed by atoms with Crippen LogP contribution in [0.1, 0.15) is 55.6 Å². The van der Waals surface area contributed by atoms with Crippen LogP contribution < -0.4 is 14.9 Å². The molecule has 4 rings (SSSR count). The van der Waals surface area contributed by atoms with Crippen molar-refractivity contribution in [3.8, 4) is 0 Å². The fourth-order valence-corrected chi connectivity index (χ4v) is 6.30. The van der Waals surface area contributed by atoms with E-state index in [1.54, 1.807) is 13.1 Å². The third kappa shape index (κ3) is 6.83. The number of sulfonamides is 1. The van der Waals surface area contributed by atoms with E-state index in [4.69, 9.17) is 0 Å². The molecule has 1 aliphatic rings. The molecule has 0 spiro atoms. The standard InChI is InChI=1S/C30H42N4O4S/c1-6-34-20-22-12-15-39(37,38)33(5)25-17-23(18-26(34)28(22)25)29(36)32-24(16-21-10-8-7-9-11-21)27(35)19-31-14-13-30(2,3)4/h7-11,17-18,20,24,27,31,35H,6,12-16,19H2,1-5H3,(H,32,36)/t24-,27+/m0/s1. The van der Waals surface area contributed by atoms with Crippen molar-refractivity contribution in [1.29, 1.82) is 0 Å². The SMILES string of the molecule is CCn1cc2c3c(cc(C(=O)N[C@@H](Cc4ccccc4)[C@H](O)CNCCC(C)(C)C)cc31)N(C)S(=O)(=O)CC2. The summed E-state index contributed by atoms with van der Waals surface area (Å²) >= 11 is 0. The van der Waals surface area contributed by atoms with E-state index in [9.17, 15) is 18.3 Å². The van der Waals surface area contributed by atoms with Crippen LogP contribution in [-0.2, 0) is 29.4 Å². The molecule has 2 aromatic carbocycles. The Balaban J connectivity index is 1.63. The zero-order valence-corrected chi connectivity index (χ0v) is 24.5. The first-order valence-electron chi connectivity index (χ1n) is 13.8. The van der Waals surface area contributed by atoms with E-state index in [2.05, 4.69) is 36.0 Å². The highest BCUT2D eigenvalue weighted by Gasteiger charge is 2.29. The van der Waals surface area contributed by atoms with E-state index in [0.29, 0.717) is 37.2 Å². The molecule has 0 fully saturated rings. The van der Waals surface area contributed by atoms with Gasteiger partial charge in [0.2, 0.25) is 10.0 Å². The second kappa shape index (κ2) is 11.7. The summed E-state index contributed by atoms with van der Waals surface area (Å²) in [6.45, 7) is 10.4. The fraction of sp³-hybridized carbons (Fsp3) is 0.500. The van der Waals surface area contributed by atoms with Gasteiger partial charge in [-0.25, -0.2) is 8.42 Å². The highest BCUT2D eigenvalue weighted by atomic mass is 32.2. The maximum Gasteiger partial charge on any atom is 0.251 e. The summed E-state index contributed by atoms with van der Waals surface area (Å²) in [7, 11) is -1.95. The third-order valence-corrected chi connectivity index (χ3v) is 9.26. The monoisotopic (exact) mass is 554 g/mol. The Bertz CT molecular complexity index is 1410. The lowest BCUT2D eigenvalue weighted by Crippen LogP contribution is -2.49. The van der Waals surface area contributed by atoms with E-state index in [0.717, 1.165) is 35.0 Å². The number of rotatable bonds is 10. The van der Waals surface area contributed by atoms with Gasteiger partial charge in [0.25, 0.3) is 5.91 Å². The van der Waals surface area contributed by atoms with Gasteiger partial charge in [0.1, 0.15) is 0 Å². The summed E-state index contributed by atoms with van der Waals surface area (Å²) in [5, 5.41) is 18.4. The molecule has 212 valence electrons. The lowest BCUT2D eigenvalue weighted by molar-refractivity contribution is 0.0829. The molecular weight excluding hydrogens is 512 g/mol. The number of aryl methyl sites for hydroxylation is 2. The summed E-state index contributed by atoms with van der Waals surface area (Å²) < 4.78 is 29.1. The molecule has 3 aromatic rings. The van der Waals surface area contributed by atoms with Crippen LogP contribution in [0.25, 0.3) is 10.9 Å². The van der Waals surface area contributed by atoms with Crippen molar-refractivity contribution in [3.63, 3.8) is 0 Å². The number of hydrogen-bond donors (Lipinski definition) is 3. The number of amides is 1. The number of benzene rings is 2. The molecule has 0 unspecified atom stereocenters. The molecule has 0 radical (unpaired) electrons. The van der Waals surface area contributed by atoms with Gasteiger partial charge in [-0.3, -0.25) is 9.10 Å². The highest BCUT2D eigenvalue weighted by Crippen LogP contribution is 2.37. The van der Waals surface area contributed by atoms with Crippen molar-refractivity contribution in [2.24, 2.45) is 5.41 Å². The average molecular weight is 555 g/mol. The normalized spacial score (nSPS) is 16.6. The van der Waals surface area contributed by atoms with Crippen LogP contribution in [-0.4, -0.2) is 62.0 Å². The Kier molecular flexibility index (Phi) is 8.73. The number of hydrogen-bond acceptors (Lipinski definition) is 5. The number of aromatic nitrogens is 1. The second-order valence-corrected chi connectivity index (χ2v) is 13.8. The van der Waals surface area contributed by atoms with Crippen molar-refractivity contribution < 1.29 is 18.3 Å². The van der Waals surface area contributed by atoms with Crippen molar-refractivity contribution in [2.45, 2.75) is 65.6 Å². The average Bonchev–Trinajstić information content (AvgIpc) is 3.22. The number of nitrogens with zero attached hydrogens (tertiary/aromatic N) is 2. The molecular formula is C30H42N4O4S. The lowest BCUT2D eigenvalue weighted by Gasteiger charge is -2.26. The van der Waals surface area contributed by atoms with E-state index >= 15 is 0 Å². The number of carbonyl (C=O) groups excluding carboxylic acids is 1. The summed E-state index contributed by atoms with van der Waals surface area (Å²) in [5.74, 6) is -0.320. The van der Waals surface area contributed by atoms with Crippen molar-refractivity contribution in [3.05, 3.63) is 65.4 Å². The van der Waals surface area contributed by atoms with Gasteiger partial charge in [-0.05, 0) is 61.4 Å². The maximum absolute atomic E-state index is 13.7. The molecule has 8 nitrogen and oxygen atoms in total. The first-order chi connectivity index (χ1) is 18.4. The predicted molar refractivity (Wildman–Crippen MR) is 158 cm³/mol. The quantitative estimate of drug-likeness (QED) is 0.332. The summed E-state index contributed by atoms with van der Waals surface area (Å²) in [5.41, 5.74) is 3.88. The number of aliphatic hydroxyl groups is 1. The predicted octanol–water partition coefficient (Wildman–Crippen LogP) is 3.71. The molecule has 0 saturated heterocycles. The molecule has 1 aliphatic heterocycles. The number of carbonyl (C=O) groups is 1. The number of nitrogens with one attached hydrogen (secondary N) is 2. The van der Waals surface area contributed by atoms with Crippen molar-refractivity contribution in [2.75, 3.05) is 30.2 Å². The minimum atomic E-state index is -3.50. The van der Waals surface area contributed by atoms with Gasteiger partial charge >= 0.3 is 0 Å². The molecule has 2 heterocycles. The van der Waals surface area contributed by atoms with Gasteiger partial charge < -0.3 is 20.3 Å². The first kappa shape index (κ1) is 29.1. The van der Waals surface area contributed by atoms with E-state index < -0.39 is 22.2 Å². The molecule has 9 heteroatoms. The fourth-order valence-electron chi connectivity index (χ4n) is 5.10. The van der Waals surface area contributed by atoms with Crippen LogP contribution in [0, 0.1) is 5.41 Å². The molecule has 1 amide bonds. The van der Waals surface area contributed by atoms with Crippen LogP contribution in [0.3, 0.4) is 0 Å². The topological polar surface area (TPSA) is 104 Å². The van der Waals surface area contributed by atoms with E-state index in [1.165, 1.54) is 4.31 Å². The molecule has 0 bridgehead atoms. The highest BCUT2D eigenvalue weighted by molar-refractivity contribution is 7.92. The Morgan fingerprint density at radius 1 is 1.15 bits per heavy atom. The minimum absolute atomic E-state index is 0.0239. The number of aliphatic hydroxyl groups excluding tert-OH is 1. The van der Waals surface area contributed by atoms with Crippen molar-refractivity contribution >= 4 is 32.5 Å². The Labute approximate surface area is 232 Å².